The van der Waals surface area contributed by atoms with Gasteiger partial charge in [-0.2, -0.15) is 0 Å². The van der Waals surface area contributed by atoms with Gasteiger partial charge in [0.15, 0.2) is 0 Å². The third-order valence-corrected chi connectivity index (χ3v) is 2.81. The summed E-state index contributed by atoms with van der Waals surface area (Å²) < 4.78 is 0. The summed E-state index contributed by atoms with van der Waals surface area (Å²) in [5, 5.41) is 2.83. The molecule has 74 valence electrons. The van der Waals surface area contributed by atoms with Gasteiger partial charge in [0.1, 0.15) is 0 Å². The lowest BCUT2D eigenvalue weighted by atomic mass is 10.1. The van der Waals surface area contributed by atoms with Crippen molar-refractivity contribution in [2.75, 3.05) is 32.7 Å². The molecule has 0 aliphatic carbocycles. The van der Waals surface area contributed by atoms with E-state index in [4.69, 9.17) is 0 Å². The number of carbonyl (C=O) groups excluding carboxylic acids is 1. The first-order chi connectivity index (χ1) is 6.31. The molecule has 2 aliphatic heterocycles. The second-order valence-corrected chi connectivity index (χ2v) is 3.84. The molecule has 2 rings (SSSR count). The molecule has 2 amide bonds. The average Bonchev–Trinajstić information content (AvgIpc) is 2.43. The molecule has 2 saturated heterocycles. The SMILES string of the molecule is CCCN1CC(N2CCNC2=O)C1. The van der Waals surface area contributed by atoms with Crippen molar-refractivity contribution >= 4 is 6.03 Å². The Labute approximate surface area is 78.9 Å². The number of hydrogen-bond acceptors (Lipinski definition) is 2. The summed E-state index contributed by atoms with van der Waals surface area (Å²) >= 11 is 0. The summed E-state index contributed by atoms with van der Waals surface area (Å²) in [5.41, 5.74) is 0. The molecule has 0 unspecified atom stereocenters. The van der Waals surface area contributed by atoms with E-state index < -0.39 is 0 Å². The fourth-order valence-electron chi connectivity index (χ4n) is 2.07. The highest BCUT2D eigenvalue weighted by atomic mass is 16.2. The average molecular weight is 183 g/mol. The normalized spacial score (nSPS) is 24.7. The van der Waals surface area contributed by atoms with E-state index in [0.717, 1.165) is 26.2 Å². The van der Waals surface area contributed by atoms with Gasteiger partial charge in [-0.3, -0.25) is 4.90 Å². The molecule has 4 nitrogen and oxygen atoms in total. The van der Waals surface area contributed by atoms with Gasteiger partial charge in [-0.05, 0) is 13.0 Å². The fraction of sp³-hybridized carbons (Fsp3) is 0.889. The molecule has 0 aromatic heterocycles. The first kappa shape index (κ1) is 8.81. The number of hydrogen-bond donors (Lipinski definition) is 1. The summed E-state index contributed by atoms with van der Waals surface area (Å²) in [6.45, 7) is 7.22. The van der Waals surface area contributed by atoms with Crippen molar-refractivity contribution in [3.05, 3.63) is 0 Å². The molecule has 0 radical (unpaired) electrons. The van der Waals surface area contributed by atoms with Gasteiger partial charge in [-0.1, -0.05) is 6.92 Å². The summed E-state index contributed by atoms with van der Waals surface area (Å²) in [6, 6.07) is 0.607. The van der Waals surface area contributed by atoms with Crippen LogP contribution in [0.1, 0.15) is 13.3 Å². The van der Waals surface area contributed by atoms with Gasteiger partial charge in [-0.15, -0.1) is 0 Å². The Morgan fingerprint density at radius 3 is 2.85 bits per heavy atom. The lowest BCUT2D eigenvalue weighted by Gasteiger charge is -2.43. The minimum absolute atomic E-state index is 0.126. The minimum atomic E-state index is 0.126. The lowest BCUT2D eigenvalue weighted by Crippen LogP contribution is -2.59. The van der Waals surface area contributed by atoms with Crippen molar-refractivity contribution in [2.24, 2.45) is 0 Å². The van der Waals surface area contributed by atoms with Crippen LogP contribution in [0, 0.1) is 0 Å². The fourth-order valence-corrected chi connectivity index (χ4v) is 2.07. The largest absolute Gasteiger partial charge is 0.336 e. The summed E-state index contributed by atoms with van der Waals surface area (Å²) in [5.74, 6) is 0. The van der Waals surface area contributed by atoms with Crippen LogP contribution in [0.15, 0.2) is 0 Å². The molecule has 0 aromatic rings. The van der Waals surface area contributed by atoms with Crippen LogP contribution in [-0.2, 0) is 0 Å². The topological polar surface area (TPSA) is 35.6 Å². The number of carbonyl (C=O) groups is 1. The van der Waals surface area contributed by atoms with E-state index in [9.17, 15) is 4.79 Å². The Kier molecular flexibility index (Phi) is 2.40. The van der Waals surface area contributed by atoms with Crippen molar-refractivity contribution in [3.63, 3.8) is 0 Å². The minimum Gasteiger partial charge on any atom is -0.336 e. The molecule has 2 fully saturated rings. The monoisotopic (exact) mass is 183 g/mol. The van der Waals surface area contributed by atoms with E-state index in [-0.39, 0.29) is 6.03 Å². The van der Waals surface area contributed by atoms with E-state index >= 15 is 0 Å². The zero-order valence-electron chi connectivity index (χ0n) is 8.12. The molecule has 1 N–H and O–H groups in total. The zero-order valence-corrected chi connectivity index (χ0v) is 8.12. The molecule has 4 heteroatoms. The Balaban J connectivity index is 1.76. The predicted octanol–water partition coefficient (Wildman–Crippen LogP) is 0.106. The summed E-state index contributed by atoms with van der Waals surface area (Å²) in [7, 11) is 0. The summed E-state index contributed by atoms with van der Waals surface area (Å²) in [4.78, 5) is 15.6. The van der Waals surface area contributed by atoms with Crippen molar-refractivity contribution in [1.29, 1.82) is 0 Å². The second-order valence-electron chi connectivity index (χ2n) is 3.84. The number of amides is 2. The molecule has 0 atom stereocenters. The molecule has 2 aliphatic rings. The Hall–Kier alpha value is -0.770. The second kappa shape index (κ2) is 3.54. The smallest absolute Gasteiger partial charge is 0.317 e. The molecular weight excluding hydrogens is 166 g/mol. The van der Waals surface area contributed by atoms with Gasteiger partial charge >= 0.3 is 6.03 Å². The standard InChI is InChI=1S/C9H17N3O/c1-2-4-11-6-8(7-11)12-5-3-10-9(12)13/h8H,2-7H2,1H3,(H,10,13). The van der Waals surface area contributed by atoms with Crippen LogP contribution in [-0.4, -0.2) is 54.6 Å². The van der Waals surface area contributed by atoms with Crippen molar-refractivity contribution < 1.29 is 4.79 Å². The van der Waals surface area contributed by atoms with Crippen LogP contribution in [0.25, 0.3) is 0 Å². The third-order valence-electron chi connectivity index (χ3n) is 2.81. The van der Waals surface area contributed by atoms with Gasteiger partial charge in [0.2, 0.25) is 0 Å². The van der Waals surface area contributed by atoms with E-state index in [0.29, 0.717) is 6.04 Å². The first-order valence-corrected chi connectivity index (χ1v) is 5.08. The van der Waals surface area contributed by atoms with Crippen LogP contribution < -0.4 is 5.32 Å². The van der Waals surface area contributed by atoms with E-state index in [2.05, 4.69) is 17.1 Å². The molecule has 0 saturated carbocycles. The van der Waals surface area contributed by atoms with E-state index in [1.807, 2.05) is 4.90 Å². The van der Waals surface area contributed by atoms with Gasteiger partial charge in [-0.25, -0.2) is 4.79 Å². The van der Waals surface area contributed by atoms with Crippen LogP contribution in [0.2, 0.25) is 0 Å². The molecule has 0 bridgehead atoms. The molecule has 2 heterocycles. The number of rotatable bonds is 3. The number of likely N-dealkylation sites (tertiary alicyclic amines) is 1. The Morgan fingerprint density at radius 1 is 1.54 bits per heavy atom. The van der Waals surface area contributed by atoms with E-state index in [1.165, 1.54) is 13.0 Å². The number of urea groups is 1. The van der Waals surface area contributed by atoms with Crippen molar-refractivity contribution in [1.82, 2.24) is 15.1 Å². The predicted molar refractivity (Wildman–Crippen MR) is 50.6 cm³/mol. The van der Waals surface area contributed by atoms with E-state index in [1.54, 1.807) is 0 Å². The maximum atomic E-state index is 11.3. The number of nitrogens with zero attached hydrogens (tertiary/aromatic N) is 2. The highest BCUT2D eigenvalue weighted by Crippen LogP contribution is 2.16. The molecule has 13 heavy (non-hydrogen) atoms. The van der Waals surface area contributed by atoms with Crippen LogP contribution in [0.4, 0.5) is 4.79 Å². The van der Waals surface area contributed by atoms with Crippen molar-refractivity contribution in [3.8, 4) is 0 Å². The molecular formula is C9H17N3O. The maximum Gasteiger partial charge on any atom is 0.317 e. The first-order valence-electron chi connectivity index (χ1n) is 5.08. The Bertz CT molecular complexity index is 201. The van der Waals surface area contributed by atoms with Crippen LogP contribution >= 0.6 is 0 Å². The zero-order chi connectivity index (χ0) is 9.26. The Morgan fingerprint density at radius 2 is 2.31 bits per heavy atom. The maximum absolute atomic E-state index is 11.3. The summed E-state index contributed by atoms with van der Waals surface area (Å²) in [6.07, 6.45) is 1.21. The van der Waals surface area contributed by atoms with Gasteiger partial charge in [0, 0.05) is 26.2 Å². The van der Waals surface area contributed by atoms with Gasteiger partial charge in [0.25, 0.3) is 0 Å². The van der Waals surface area contributed by atoms with Crippen LogP contribution in [0.5, 0.6) is 0 Å². The van der Waals surface area contributed by atoms with Crippen molar-refractivity contribution in [2.45, 2.75) is 19.4 Å². The highest BCUT2D eigenvalue weighted by Gasteiger charge is 2.35. The lowest BCUT2D eigenvalue weighted by molar-refractivity contribution is 0.0650. The third kappa shape index (κ3) is 1.63. The van der Waals surface area contributed by atoms with Crippen LogP contribution in [0.3, 0.4) is 0 Å². The molecule has 0 spiro atoms. The quantitative estimate of drug-likeness (QED) is 0.674. The highest BCUT2D eigenvalue weighted by molar-refractivity contribution is 5.76. The molecule has 0 aromatic carbocycles. The van der Waals surface area contributed by atoms with Gasteiger partial charge < -0.3 is 10.2 Å². The van der Waals surface area contributed by atoms with Gasteiger partial charge in [0.05, 0.1) is 6.04 Å². The number of nitrogens with one attached hydrogen (secondary N) is 1.